The molecule has 0 amide bonds. The van der Waals surface area contributed by atoms with Gasteiger partial charge in [-0.15, -0.1) is 5.34 Å². The second-order valence-corrected chi connectivity index (χ2v) is 0.0745. The van der Waals surface area contributed by atoms with Crippen LogP contribution < -0.4 is 29.6 Å². The number of rotatable bonds is 0. The molecule has 0 radical (unpaired) electrons. The minimum Gasteiger partial charge on any atom is -0.444 e. The van der Waals surface area contributed by atoms with E-state index < -0.39 is 0 Å². The Morgan fingerprint density at radius 3 is 1.67 bits per heavy atom. The fourth-order valence-electron chi connectivity index (χ4n) is 0. The summed E-state index contributed by atoms with van der Waals surface area (Å²) in [6.07, 6.45) is 0. The zero-order valence-corrected chi connectivity index (χ0v) is 5.71. The van der Waals surface area contributed by atoms with E-state index in [2.05, 4.69) is 0 Å². The van der Waals surface area contributed by atoms with Crippen molar-refractivity contribution < 1.29 is 34.7 Å². The third-order valence-corrected chi connectivity index (χ3v) is 0. The van der Waals surface area contributed by atoms with E-state index >= 15 is 0 Å². The van der Waals surface area contributed by atoms with Gasteiger partial charge >= 0.3 is 29.6 Å². The molecule has 1 N–H and O–H groups in total. The van der Waals surface area contributed by atoms with Crippen LogP contribution in [0.4, 0.5) is 0 Å². The maximum absolute atomic E-state index is 8.00. The van der Waals surface area contributed by atoms with Gasteiger partial charge in [-0.25, -0.2) is 0 Å². The Balaban J connectivity index is -0.0000000275. The summed E-state index contributed by atoms with van der Waals surface area (Å²) in [7, 11) is 1.00. The van der Waals surface area contributed by atoms with E-state index in [1.165, 1.54) is 0 Å². The van der Waals surface area contributed by atoms with E-state index in [1.807, 2.05) is 0 Å². The molecule has 0 aliphatic heterocycles. The Morgan fingerprint density at radius 1 is 1.67 bits per heavy atom. The van der Waals surface area contributed by atoms with Crippen molar-refractivity contribution in [2.75, 3.05) is 7.11 Å². The second-order valence-electron chi connectivity index (χ2n) is 0.0745. The van der Waals surface area contributed by atoms with E-state index in [4.69, 9.17) is 15.2 Å². The van der Waals surface area contributed by atoms with E-state index in [-0.39, 0.29) is 29.6 Å². The Morgan fingerprint density at radius 2 is 1.67 bits per heavy atom. The molecule has 0 heterocycles. The number of aliphatic hydroxyl groups is 1. The van der Waals surface area contributed by atoms with Crippen molar-refractivity contribution in [2.45, 2.75) is 0 Å². The van der Waals surface area contributed by atoms with Crippen molar-refractivity contribution in [1.82, 2.24) is 0 Å². The molecule has 0 saturated carbocycles. The first kappa shape index (κ1) is 16.2. The summed E-state index contributed by atoms with van der Waals surface area (Å²) in [5, 5.41) is 16.0. The van der Waals surface area contributed by atoms with Gasteiger partial charge in [0, 0.05) is 7.11 Å². The molecule has 0 unspecified atom stereocenters. The van der Waals surface area contributed by atoms with Gasteiger partial charge in [-0.3, -0.25) is 0 Å². The first-order valence-corrected chi connectivity index (χ1v) is 0.812. The Hall–Kier alpha value is 0.360. The van der Waals surface area contributed by atoms with Gasteiger partial charge in [0.25, 0.3) is 0 Å². The van der Waals surface area contributed by atoms with Crippen LogP contribution in [-0.4, -0.2) is 12.2 Å². The molecule has 0 saturated heterocycles. The molecule has 4 nitrogen and oxygen atoms in total. The van der Waals surface area contributed by atoms with E-state index in [0.717, 1.165) is 12.4 Å². The Kier molecular flexibility index (Phi) is 149. The third-order valence-electron chi connectivity index (χ3n) is 0. The topological polar surface area (TPSA) is 72.7 Å². The minimum atomic E-state index is 0. The Bertz CT molecular complexity index is 18.3. The molecule has 0 spiro atoms. The van der Waals surface area contributed by atoms with E-state index in [1.54, 1.807) is 0 Å². The summed E-state index contributed by atoms with van der Waals surface area (Å²) in [6, 6.07) is 0. The normalized spacial score (nSPS) is 3.00. The predicted molar refractivity (Wildman–Crippen MR) is 17.3 cm³/mol. The van der Waals surface area contributed by atoms with Crippen molar-refractivity contribution in [3.63, 3.8) is 0 Å². The van der Waals surface area contributed by atoms with E-state index in [0.29, 0.717) is 0 Å². The van der Waals surface area contributed by atoms with Gasteiger partial charge in [0.05, 0.1) is 0 Å². The second kappa shape index (κ2) is 55.1. The molecule has 0 aromatic heterocycles. The van der Waals surface area contributed by atoms with Crippen LogP contribution in [0.5, 0.6) is 0 Å². The molecule has 0 atom stereocenters. The van der Waals surface area contributed by atoms with Gasteiger partial charge in [0.2, 0.25) is 0 Å². The van der Waals surface area contributed by atoms with Crippen LogP contribution in [0.25, 0.3) is 0 Å². The zero-order valence-electron chi connectivity index (χ0n) is 3.71. The molecule has 0 fully saturated rings. The van der Waals surface area contributed by atoms with Gasteiger partial charge in [-0.05, 0) is 0 Å². The average molecular weight is 101 g/mol. The quantitative estimate of drug-likeness (QED) is 0.199. The number of hydrogen-bond donors (Lipinski definition) is 1. The smallest absolute Gasteiger partial charge is 0.444 e. The number of hydrogen-bond acceptors (Lipinski definition) is 4. The standard InChI is InChI=1S/CH4O.HNO2.Na/c1-2;2-1-3;/h2H,1H3;(H,2,3);/q;;+1/p-1. The van der Waals surface area contributed by atoms with E-state index in [9.17, 15) is 0 Å². The van der Waals surface area contributed by atoms with Crippen LogP contribution >= 0.6 is 0 Å². The molecule has 0 rings (SSSR count). The first-order valence-electron chi connectivity index (χ1n) is 0.812. The molecule has 0 aromatic carbocycles. The zero-order chi connectivity index (χ0) is 4.71. The summed E-state index contributed by atoms with van der Waals surface area (Å²) < 4.78 is 0. The van der Waals surface area contributed by atoms with Crippen molar-refractivity contribution in [1.29, 1.82) is 0 Å². The number of aliphatic hydroxyl groups excluding tert-OH is 1. The molecular formula is CH4NNaO3. The largest absolute Gasteiger partial charge is 1.00 e. The fraction of sp³-hybridized carbons (Fsp3) is 1.00. The van der Waals surface area contributed by atoms with Crippen LogP contribution in [0.3, 0.4) is 0 Å². The molecule has 6 heavy (non-hydrogen) atoms. The maximum atomic E-state index is 8.00. The van der Waals surface area contributed by atoms with Crippen molar-refractivity contribution in [2.24, 2.45) is 5.34 Å². The predicted octanol–water partition coefficient (Wildman–Crippen LogP) is -3.14. The van der Waals surface area contributed by atoms with Gasteiger partial charge in [0.1, 0.15) is 0 Å². The summed E-state index contributed by atoms with van der Waals surface area (Å²) in [5.74, 6) is 0. The fourth-order valence-corrected chi connectivity index (χ4v) is 0. The summed E-state index contributed by atoms with van der Waals surface area (Å²) >= 11 is 0. The number of nitrogens with zero attached hydrogens (tertiary/aromatic N) is 1. The third kappa shape index (κ3) is 380. The average Bonchev–Trinajstić information content (AvgIpc) is 1.46. The molecule has 0 aliphatic carbocycles. The molecule has 5 heteroatoms. The van der Waals surface area contributed by atoms with Gasteiger partial charge < -0.3 is 15.2 Å². The van der Waals surface area contributed by atoms with Crippen LogP contribution in [0.2, 0.25) is 0 Å². The first-order chi connectivity index (χ1) is 2.41. The van der Waals surface area contributed by atoms with Crippen LogP contribution in [-0.2, 0) is 0 Å². The summed E-state index contributed by atoms with van der Waals surface area (Å²) in [5.41, 5.74) is 0. The molecule has 32 valence electrons. The van der Waals surface area contributed by atoms with Gasteiger partial charge in [0.15, 0.2) is 0 Å². The van der Waals surface area contributed by atoms with Crippen LogP contribution in [0.1, 0.15) is 0 Å². The van der Waals surface area contributed by atoms with Crippen LogP contribution in [0, 0.1) is 10.1 Å². The van der Waals surface area contributed by atoms with Crippen LogP contribution in [0.15, 0.2) is 5.34 Å². The maximum Gasteiger partial charge on any atom is 1.00 e. The van der Waals surface area contributed by atoms with Crippen molar-refractivity contribution >= 4 is 0 Å². The van der Waals surface area contributed by atoms with Crippen molar-refractivity contribution in [3.05, 3.63) is 10.1 Å². The van der Waals surface area contributed by atoms with Crippen molar-refractivity contribution in [3.8, 4) is 0 Å². The monoisotopic (exact) mass is 101 g/mol. The Labute approximate surface area is 57.4 Å². The summed E-state index contributed by atoms with van der Waals surface area (Å²) in [4.78, 5) is 8.00. The SMILES string of the molecule is CO.O=N[O-].[Na+]. The molecule has 0 bridgehead atoms. The molecular weight excluding hydrogens is 97.0 g/mol. The molecule has 0 aliphatic rings. The minimum absolute atomic E-state index is 0. The van der Waals surface area contributed by atoms with Gasteiger partial charge in [-0.1, -0.05) is 0 Å². The van der Waals surface area contributed by atoms with Gasteiger partial charge in [-0.2, -0.15) is 0 Å². The molecule has 0 aromatic rings. The summed E-state index contributed by atoms with van der Waals surface area (Å²) in [6.45, 7) is 0.